The monoisotopic (exact) mass is 344 g/mol. The molecule has 1 atom stereocenters. The van der Waals surface area contributed by atoms with Crippen molar-refractivity contribution in [3.05, 3.63) is 42.0 Å². The van der Waals surface area contributed by atoms with Crippen LogP contribution in [0.3, 0.4) is 0 Å². The molecule has 0 aliphatic carbocycles. The highest BCUT2D eigenvalue weighted by atomic mass is 16.5. The number of fused-ring (bicyclic) bond motifs is 1. The number of carbonyl (C=O) groups excluding carboxylic acids is 1. The lowest BCUT2D eigenvalue weighted by Gasteiger charge is -2.32. The minimum Gasteiger partial charge on any atom is -0.494 e. The summed E-state index contributed by atoms with van der Waals surface area (Å²) in [5, 5.41) is 8.38. The van der Waals surface area contributed by atoms with Gasteiger partial charge in [0.05, 0.1) is 19.2 Å². The van der Waals surface area contributed by atoms with Crippen LogP contribution in [-0.4, -0.2) is 45.8 Å². The van der Waals surface area contributed by atoms with Crippen molar-refractivity contribution < 1.29 is 14.3 Å². The molecule has 1 aromatic heterocycles. The summed E-state index contributed by atoms with van der Waals surface area (Å²) in [5.41, 5.74) is 0. The summed E-state index contributed by atoms with van der Waals surface area (Å²) in [4.78, 5) is 14.3. The van der Waals surface area contributed by atoms with Gasteiger partial charge in [0.1, 0.15) is 12.4 Å². The third-order valence-corrected chi connectivity index (χ3v) is 4.27. The summed E-state index contributed by atoms with van der Waals surface area (Å²) in [5.74, 6) is 2.60. The van der Waals surface area contributed by atoms with E-state index < -0.39 is 0 Å². The number of hydrogen-bond acceptors (Lipinski definition) is 5. The van der Waals surface area contributed by atoms with Gasteiger partial charge in [-0.15, -0.1) is 10.2 Å². The quantitative estimate of drug-likeness (QED) is 0.720. The molecule has 0 unspecified atom stereocenters. The van der Waals surface area contributed by atoms with Gasteiger partial charge in [0.2, 0.25) is 5.91 Å². The van der Waals surface area contributed by atoms with Crippen LogP contribution in [0, 0.1) is 0 Å². The Hall–Kier alpha value is -2.41. The van der Waals surface area contributed by atoms with Gasteiger partial charge in [0.15, 0.2) is 11.6 Å². The highest BCUT2D eigenvalue weighted by molar-refractivity contribution is 5.76. The molecule has 0 saturated carbocycles. The number of amides is 1. The highest BCUT2D eigenvalue weighted by Crippen LogP contribution is 2.22. The minimum atomic E-state index is 0.131. The Balaban J connectivity index is 1.50. The van der Waals surface area contributed by atoms with E-state index in [1.165, 1.54) is 0 Å². The molecule has 1 aromatic carbocycles. The van der Waals surface area contributed by atoms with E-state index in [1.54, 1.807) is 7.11 Å². The number of methoxy groups -OCH3 is 1. The van der Waals surface area contributed by atoms with Crippen molar-refractivity contribution in [2.75, 3.05) is 20.3 Å². The molecule has 25 heavy (non-hydrogen) atoms. The number of benzene rings is 1. The Morgan fingerprint density at radius 3 is 2.84 bits per heavy atom. The summed E-state index contributed by atoms with van der Waals surface area (Å²) in [6.07, 6.45) is 1.17. The summed E-state index contributed by atoms with van der Waals surface area (Å²) in [6, 6.07) is 9.79. The summed E-state index contributed by atoms with van der Waals surface area (Å²) in [6.45, 7) is 4.21. The molecule has 0 fully saturated rings. The molecule has 1 aliphatic heterocycles. The largest absolute Gasteiger partial charge is 0.494 e. The van der Waals surface area contributed by atoms with Crippen molar-refractivity contribution in [3.63, 3.8) is 0 Å². The Labute approximate surface area is 147 Å². The van der Waals surface area contributed by atoms with Crippen molar-refractivity contribution in [1.29, 1.82) is 0 Å². The average Bonchev–Trinajstić information content (AvgIpc) is 3.03. The van der Waals surface area contributed by atoms with Crippen molar-refractivity contribution in [2.24, 2.45) is 0 Å². The molecular formula is C18H24N4O3. The van der Waals surface area contributed by atoms with Crippen LogP contribution in [-0.2, 0) is 22.7 Å². The van der Waals surface area contributed by atoms with E-state index in [2.05, 4.69) is 21.7 Å². The van der Waals surface area contributed by atoms with Gasteiger partial charge in [-0.25, -0.2) is 0 Å². The molecule has 0 bridgehead atoms. The summed E-state index contributed by atoms with van der Waals surface area (Å²) in [7, 11) is 1.64. The van der Waals surface area contributed by atoms with Gasteiger partial charge >= 0.3 is 0 Å². The molecule has 2 aromatic rings. The number of aromatic nitrogens is 3. The van der Waals surface area contributed by atoms with Crippen LogP contribution in [0.5, 0.6) is 5.75 Å². The number of ether oxygens (including phenoxy) is 2. The molecule has 7 heteroatoms. The number of nitrogens with zero attached hydrogens (tertiary/aromatic N) is 4. The fourth-order valence-corrected chi connectivity index (χ4v) is 3.12. The van der Waals surface area contributed by atoms with Crippen LogP contribution in [0.2, 0.25) is 0 Å². The lowest BCUT2D eigenvalue weighted by atomic mass is 10.2. The third kappa shape index (κ3) is 4.17. The lowest BCUT2D eigenvalue weighted by Crippen LogP contribution is -2.40. The number of rotatable bonds is 7. The van der Waals surface area contributed by atoms with Crippen molar-refractivity contribution in [2.45, 2.75) is 39.0 Å². The summed E-state index contributed by atoms with van der Waals surface area (Å²) >= 11 is 0. The van der Waals surface area contributed by atoms with Gasteiger partial charge in [0, 0.05) is 20.1 Å². The van der Waals surface area contributed by atoms with E-state index in [1.807, 2.05) is 35.2 Å². The van der Waals surface area contributed by atoms with E-state index in [4.69, 9.17) is 9.47 Å². The van der Waals surface area contributed by atoms with E-state index in [-0.39, 0.29) is 11.9 Å². The SMILES string of the molecule is COCc1nnc2n1[C@@H](C)CN(C(=O)CCCOc1ccccc1)C2. The zero-order valence-electron chi connectivity index (χ0n) is 14.7. The molecule has 1 aliphatic rings. The maximum absolute atomic E-state index is 12.5. The number of carbonyl (C=O) groups is 1. The molecule has 0 spiro atoms. The zero-order valence-corrected chi connectivity index (χ0v) is 14.7. The van der Waals surface area contributed by atoms with Crippen LogP contribution < -0.4 is 4.74 Å². The first-order valence-electron chi connectivity index (χ1n) is 8.56. The maximum Gasteiger partial charge on any atom is 0.223 e. The second kappa shape index (κ2) is 8.11. The van der Waals surface area contributed by atoms with Gasteiger partial charge in [-0.3, -0.25) is 4.79 Å². The van der Waals surface area contributed by atoms with Gasteiger partial charge in [-0.05, 0) is 25.5 Å². The van der Waals surface area contributed by atoms with Gasteiger partial charge < -0.3 is 18.9 Å². The number of para-hydroxylation sites is 1. The van der Waals surface area contributed by atoms with Crippen LogP contribution in [0.25, 0.3) is 0 Å². The summed E-state index contributed by atoms with van der Waals surface area (Å²) < 4.78 is 12.9. The van der Waals surface area contributed by atoms with Crippen LogP contribution >= 0.6 is 0 Å². The molecule has 2 heterocycles. The second-order valence-electron chi connectivity index (χ2n) is 6.22. The van der Waals surface area contributed by atoms with Gasteiger partial charge in [0.25, 0.3) is 0 Å². The second-order valence-corrected chi connectivity index (χ2v) is 6.22. The lowest BCUT2D eigenvalue weighted by molar-refractivity contribution is -0.133. The van der Waals surface area contributed by atoms with Gasteiger partial charge in [-0.2, -0.15) is 0 Å². The Morgan fingerprint density at radius 1 is 1.28 bits per heavy atom. The van der Waals surface area contributed by atoms with E-state index in [0.29, 0.717) is 39.1 Å². The standard InChI is InChI=1S/C18H24N4O3/c1-14-11-21(12-16-19-20-17(13-24-2)22(14)16)18(23)9-6-10-25-15-7-4-3-5-8-15/h3-5,7-8,14H,6,9-13H2,1-2H3/t14-/m0/s1. The molecule has 1 amide bonds. The average molecular weight is 344 g/mol. The predicted molar refractivity (Wildman–Crippen MR) is 92.0 cm³/mol. The normalized spacial score (nSPS) is 16.6. The van der Waals surface area contributed by atoms with Crippen LogP contribution in [0.1, 0.15) is 37.5 Å². The molecule has 134 valence electrons. The smallest absolute Gasteiger partial charge is 0.223 e. The topological polar surface area (TPSA) is 69.5 Å². The molecule has 3 rings (SSSR count). The molecule has 7 nitrogen and oxygen atoms in total. The number of hydrogen-bond donors (Lipinski definition) is 0. The Bertz CT molecular complexity index is 702. The molecule has 0 N–H and O–H groups in total. The fourth-order valence-electron chi connectivity index (χ4n) is 3.12. The van der Waals surface area contributed by atoms with Crippen LogP contribution in [0.15, 0.2) is 30.3 Å². The first kappa shape index (κ1) is 17.4. The van der Waals surface area contributed by atoms with E-state index in [0.717, 1.165) is 17.4 Å². The zero-order chi connectivity index (χ0) is 17.6. The molecule has 0 radical (unpaired) electrons. The highest BCUT2D eigenvalue weighted by Gasteiger charge is 2.28. The van der Waals surface area contributed by atoms with Crippen molar-refractivity contribution in [3.8, 4) is 5.75 Å². The maximum atomic E-state index is 12.5. The first-order chi connectivity index (χ1) is 12.2. The van der Waals surface area contributed by atoms with E-state index in [9.17, 15) is 4.79 Å². The van der Waals surface area contributed by atoms with Crippen LogP contribution in [0.4, 0.5) is 0 Å². The third-order valence-electron chi connectivity index (χ3n) is 4.27. The van der Waals surface area contributed by atoms with Gasteiger partial charge in [-0.1, -0.05) is 18.2 Å². The molecular weight excluding hydrogens is 320 g/mol. The predicted octanol–water partition coefficient (Wildman–Crippen LogP) is 2.19. The Kier molecular flexibility index (Phi) is 5.65. The van der Waals surface area contributed by atoms with Crippen molar-refractivity contribution in [1.82, 2.24) is 19.7 Å². The molecule has 0 saturated heterocycles. The fraction of sp³-hybridized carbons (Fsp3) is 0.500. The minimum absolute atomic E-state index is 0.131. The first-order valence-corrected chi connectivity index (χ1v) is 8.56. The van der Waals surface area contributed by atoms with E-state index >= 15 is 0 Å². The Morgan fingerprint density at radius 2 is 2.08 bits per heavy atom. The van der Waals surface area contributed by atoms with Crippen molar-refractivity contribution >= 4 is 5.91 Å².